The fourth-order valence-corrected chi connectivity index (χ4v) is 2.85. The normalized spacial score (nSPS) is 11.8. The highest BCUT2D eigenvalue weighted by Gasteiger charge is 2.19. The Morgan fingerprint density at radius 3 is 2.90 bits per heavy atom. The molecule has 0 radical (unpaired) electrons. The summed E-state index contributed by atoms with van der Waals surface area (Å²) in [6, 6.07) is 1.74. The molecule has 0 spiro atoms. The third-order valence-corrected chi connectivity index (χ3v) is 3.89. The fraction of sp³-hybridized carbons (Fsp3) is 0.500. The Labute approximate surface area is 126 Å². The zero-order chi connectivity index (χ0) is 15.6. The van der Waals surface area contributed by atoms with Crippen molar-refractivity contribution in [3.05, 3.63) is 28.1 Å². The summed E-state index contributed by atoms with van der Waals surface area (Å²) in [4.78, 5) is 30.6. The van der Waals surface area contributed by atoms with Crippen LogP contribution in [0.15, 0.2) is 22.6 Å². The number of rotatable bonds is 5. The lowest BCUT2D eigenvalue weighted by molar-refractivity contribution is -0.132. The van der Waals surface area contributed by atoms with E-state index in [-0.39, 0.29) is 31.0 Å². The lowest BCUT2D eigenvalue weighted by Crippen LogP contribution is -2.40. The van der Waals surface area contributed by atoms with Crippen LogP contribution in [-0.2, 0) is 11.3 Å². The van der Waals surface area contributed by atoms with Crippen molar-refractivity contribution in [2.45, 2.75) is 32.4 Å². The van der Waals surface area contributed by atoms with Crippen LogP contribution in [-0.4, -0.2) is 44.7 Å². The molecule has 0 atom stereocenters. The molecule has 114 valence electrons. The van der Waals surface area contributed by atoms with Gasteiger partial charge in [0.25, 0.3) is 5.56 Å². The van der Waals surface area contributed by atoms with Crippen molar-refractivity contribution in [2.75, 3.05) is 13.6 Å². The fourth-order valence-electron chi connectivity index (χ4n) is 2.13. The van der Waals surface area contributed by atoms with E-state index in [1.54, 1.807) is 27.0 Å². The molecular weight excluding hydrogens is 290 g/mol. The average Bonchev–Trinajstić information content (AvgIpc) is 2.84. The largest absolute Gasteiger partial charge is 0.389 e. The van der Waals surface area contributed by atoms with E-state index < -0.39 is 5.60 Å². The number of aliphatic hydroxyl groups is 1. The minimum atomic E-state index is -0.932. The Balaban J connectivity index is 2.03. The van der Waals surface area contributed by atoms with Gasteiger partial charge in [-0.1, -0.05) is 0 Å². The molecule has 0 bridgehead atoms. The van der Waals surface area contributed by atoms with Crippen molar-refractivity contribution in [3.8, 4) is 0 Å². The van der Waals surface area contributed by atoms with Crippen LogP contribution < -0.4 is 5.56 Å². The third kappa shape index (κ3) is 3.89. The standard InChI is InChI=1S/C14H19N3O3S/c1-14(2,20)8-16(3)11(18)4-6-17-9-15-12-10(13(17)19)5-7-21-12/h5,7,9,20H,4,6,8H2,1-3H3. The van der Waals surface area contributed by atoms with Crippen LogP contribution in [0.25, 0.3) is 10.2 Å². The van der Waals surface area contributed by atoms with Gasteiger partial charge in [-0.05, 0) is 25.3 Å². The number of carbonyl (C=O) groups is 1. The van der Waals surface area contributed by atoms with E-state index in [4.69, 9.17) is 0 Å². The van der Waals surface area contributed by atoms with Gasteiger partial charge in [0.2, 0.25) is 5.91 Å². The van der Waals surface area contributed by atoms with E-state index in [1.165, 1.54) is 27.1 Å². The second kappa shape index (κ2) is 5.95. The van der Waals surface area contributed by atoms with Crippen LogP contribution >= 0.6 is 11.3 Å². The molecule has 0 saturated heterocycles. The topological polar surface area (TPSA) is 75.4 Å². The minimum Gasteiger partial charge on any atom is -0.389 e. The van der Waals surface area contributed by atoms with Crippen molar-refractivity contribution in [1.29, 1.82) is 0 Å². The molecule has 0 fully saturated rings. The van der Waals surface area contributed by atoms with Gasteiger partial charge in [-0.25, -0.2) is 4.98 Å². The Kier molecular flexibility index (Phi) is 4.43. The van der Waals surface area contributed by atoms with Gasteiger partial charge in [-0.15, -0.1) is 11.3 Å². The highest BCUT2D eigenvalue weighted by Crippen LogP contribution is 2.13. The second-order valence-electron chi connectivity index (χ2n) is 5.69. The van der Waals surface area contributed by atoms with E-state index in [1.807, 2.05) is 5.38 Å². The predicted octanol–water partition coefficient (Wildman–Crippen LogP) is 1.08. The van der Waals surface area contributed by atoms with Crippen LogP contribution in [0, 0.1) is 0 Å². The second-order valence-corrected chi connectivity index (χ2v) is 6.59. The highest BCUT2D eigenvalue weighted by atomic mass is 32.1. The number of hydrogen-bond acceptors (Lipinski definition) is 5. The quantitative estimate of drug-likeness (QED) is 0.896. The zero-order valence-electron chi connectivity index (χ0n) is 12.4. The Hall–Kier alpha value is -1.73. The Bertz CT molecular complexity index is 699. The van der Waals surface area contributed by atoms with Gasteiger partial charge in [0.1, 0.15) is 4.83 Å². The number of likely N-dealkylation sites (N-methyl/N-ethyl adjacent to an activating group) is 1. The first kappa shape index (κ1) is 15.7. The summed E-state index contributed by atoms with van der Waals surface area (Å²) in [5.74, 6) is -0.116. The van der Waals surface area contributed by atoms with Crippen molar-refractivity contribution >= 4 is 27.5 Å². The molecule has 0 aliphatic rings. The maximum absolute atomic E-state index is 12.2. The highest BCUT2D eigenvalue weighted by molar-refractivity contribution is 7.16. The van der Waals surface area contributed by atoms with Crippen LogP contribution in [0.1, 0.15) is 20.3 Å². The molecule has 6 nitrogen and oxygen atoms in total. The number of amides is 1. The van der Waals surface area contributed by atoms with Gasteiger partial charge in [0.15, 0.2) is 0 Å². The molecule has 2 aromatic heterocycles. The Morgan fingerprint density at radius 1 is 1.52 bits per heavy atom. The first-order valence-corrected chi connectivity index (χ1v) is 7.55. The number of nitrogens with zero attached hydrogens (tertiary/aromatic N) is 3. The first-order chi connectivity index (χ1) is 9.78. The van der Waals surface area contributed by atoms with Gasteiger partial charge in [0.05, 0.1) is 17.3 Å². The van der Waals surface area contributed by atoms with Crippen LogP contribution in [0.2, 0.25) is 0 Å². The van der Waals surface area contributed by atoms with Gasteiger partial charge < -0.3 is 10.0 Å². The number of aromatic nitrogens is 2. The van der Waals surface area contributed by atoms with Gasteiger partial charge in [0, 0.05) is 26.6 Å². The third-order valence-electron chi connectivity index (χ3n) is 3.07. The van der Waals surface area contributed by atoms with Gasteiger partial charge in [-0.3, -0.25) is 14.2 Å². The SMILES string of the molecule is CN(CC(C)(C)O)C(=O)CCn1cnc2sccc2c1=O. The van der Waals surface area contributed by atoms with E-state index in [2.05, 4.69) is 4.98 Å². The van der Waals surface area contributed by atoms with Crippen LogP contribution in [0.4, 0.5) is 0 Å². The zero-order valence-corrected chi connectivity index (χ0v) is 13.2. The summed E-state index contributed by atoms with van der Waals surface area (Å²) >= 11 is 1.42. The summed E-state index contributed by atoms with van der Waals surface area (Å²) in [6.45, 7) is 3.83. The number of thiophene rings is 1. The average molecular weight is 309 g/mol. The van der Waals surface area contributed by atoms with Crippen LogP contribution in [0.5, 0.6) is 0 Å². The molecule has 0 saturated carbocycles. The molecular formula is C14H19N3O3S. The van der Waals surface area contributed by atoms with Gasteiger partial charge in [-0.2, -0.15) is 0 Å². The van der Waals surface area contributed by atoms with Crippen molar-refractivity contribution in [3.63, 3.8) is 0 Å². The molecule has 0 aliphatic carbocycles. The Morgan fingerprint density at radius 2 is 2.24 bits per heavy atom. The number of hydrogen-bond donors (Lipinski definition) is 1. The predicted molar refractivity (Wildman–Crippen MR) is 82.4 cm³/mol. The van der Waals surface area contributed by atoms with Gasteiger partial charge >= 0.3 is 0 Å². The molecule has 2 rings (SSSR count). The van der Waals surface area contributed by atoms with Crippen molar-refractivity contribution < 1.29 is 9.90 Å². The molecule has 7 heteroatoms. The van der Waals surface area contributed by atoms with E-state index in [9.17, 15) is 14.7 Å². The number of carbonyl (C=O) groups excluding carboxylic acids is 1. The summed E-state index contributed by atoms with van der Waals surface area (Å²) in [5, 5.41) is 12.1. The molecule has 1 amide bonds. The molecule has 21 heavy (non-hydrogen) atoms. The minimum absolute atomic E-state index is 0.116. The molecule has 0 aromatic carbocycles. The molecule has 1 N–H and O–H groups in total. The van der Waals surface area contributed by atoms with E-state index in [0.29, 0.717) is 10.2 Å². The smallest absolute Gasteiger partial charge is 0.262 e. The molecule has 2 aromatic rings. The lowest BCUT2D eigenvalue weighted by atomic mass is 10.1. The molecule has 0 aliphatic heterocycles. The van der Waals surface area contributed by atoms with Crippen molar-refractivity contribution in [2.24, 2.45) is 0 Å². The molecule has 0 unspecified atom stereocenters. The van der Waals surface area contributed by atoms with Crippen LogP contribution in [0.3, 0.4) is 0 Å². The van der Waals surface area contributed by atoms with E-state index >= 15 is 0 Å². The number of aryl methyl sites for hydroxylation is 1. The number of fused-ring (bicyclic) bond motifs is 1. The maximum atomic E-state index is 12.2. The summed E-state index contributed by atoms with van der Waals surface area (Å²) in [5.41, 5.74) is -1.06. The van der Waals surface area contributed by atoms with Crippen molar-refractivity contribution in [1.82, 2.24) is 14.5 Å². The monoisotopic (exact) mass is 309 g/mol. The summed E-state index contributed by atoms with van der Waals surface area (Å²) in [6.07, 6.45) is 1.67. The first-order valence-electron chi connectivity index (χ1n) is 6.67. The summed E-state index contributed by atoms with van der Waals surface area (Å²) < 4.78 is 1.45. The van der Waals surface area contributed by atoms with E-state index in [0.717, 1.165) is 0 Å². The maximum Gasteiger partial charge on any atom is 0.262 e. The summed E-state index contributed by atoms with van der Waals surface area (Å²) in [7, 11) is 1.64. The lowest BCUT2D eigenvalue weighted by Gasteiger charge is -2.25. The molecule has 2 heterocycles.